The number of amides is 2. The highest BCUT2D eigenvalue weighted by Gasteiger charge is 2.54. The Morgan fingerprint density at radius 2 is 2.09 bits per heavy atom. The van der Waals surface area contributed by atoms with E-state index >= 15 is 0 Å². The van der Waals surface area contributed by atoms with E-state index in [-0.39, 0.29) is 34.3 Å². The predicted molar refractivity (Wildman–Crippen MR) is 118 cm³/mol. The van der Waals surface area contributed by atoms with E-state index in [1.807, 2.05) is 0 Å². The molecule has 2 aliphatic rings. The molecule has 2 aliphatic heterocycles. The van der Waals surface area contributed by atoms with E-state index < -0.39 is 56.1 Å². The molecule has 0 radical (unpaired) electrons. The van der Waals surface area contributed by atoms with E-state index in [2.05, 4.69) is 28.1 Å². The van der Waals surface area contributed by atoms with Gasteiger partial charge in [-0.15, -0.1) is 23.1 Å². The SMILES string of the molecule is Nc1nc(/C(=N/O)C(=O)NC2C(=O)N3C(C(=O)S)=C(CCNS(=O)(=O)C(F)(F)F)CS[C@H]23)cs1. The Balaban J connectivity index is 1.71. The smallest absolute Gasteiger partial charge is 0.410 e. The van der Waals surface area contributed by atoms with Gasteiger partial charge in [0.25, 0.3) is 11.8 Å². The van der Waals surface area contributed by atoms with Gasteiger partial charge in [0, 0.05) is 17.7 Å². The topological polar surface area (TPSA) is 184 Å². The lowest BCUT2D eigenvalue weighted by Gasteiger charge is -2.49. The first-order valence-electron chi connectivity index (χ1n) is 8.98. The first-order chi connectivity index (χ1) is 15.8. The number of aromatic nitrogens is 1. The number of thiazole rings is 1. The Hall–Kier alpha value is -2.35. The molecule has 0 saturated carbocycles. The number of anilines is 1. The fourth-order valence-electron chi connectivity index (χ4n) is 3.11. The van der Waals surface area contributed by atoms with Crippen LogP contribution >= 0.6 is 35.7 Å². The minimum Gasteiger partial charge on any atom is -0.410 e. The van der Waals surface area contributed by atoms with Crippen LogP contribution in [-0.2, 0) is 24.4 Å². The number of thioether (sulfide) groups is 1. The second-order valence-electron chi connectivity index (χ2n) is 6.73. The van der Waals surface area contributed by atoms with Crippen LogP contribution < -0.4 is 15.8 Å². The number of carbonyl (C=O) groups excluding carboxylic acids is 3. The van der Waals surface area contributed by atoms with Crippen LogP contribution in [0, 0.1) is 0 Å². The van der Waals surface area contributed by atoms with Crippen molar-refractivity contribution < 1.29 is 41.2 Å². The van der Waals surface area contributed by atoms with Crippen LogP contribution in [0.3, 0.4) is 0 Å². The average molecular weight is 561 g/mol. The molecule has 1 unspecified atom stereocenters. The van der Waals surface area contributed by atoms with Gasteiger partial charge in [-0.1, -0.05) is 17.8 Å². The number of oxime groups is 1. The van der Waals surface area contributed by atoms with Crippen molar-refractivity contribution in [3.8, 4) is 0 Å². The van der Waals surface area contributed by atoms with Gasteiger partial charge >= 0.3 is 15.5 Å². The number of nitrogens with zero attached hydrogens (tertiary/aromatic N) is 3. The van der Waals surface area contributed by atoms with Crippen molar-refractivity contribution in [3.63, 3.8) is 0 Å². The number of alkyl halides is 3. The molecular formula is C15H15F3N6O6S4. The van der Waals surface area contributed by atoms with E-state index in [1.54, 1.807) is 0 Å². The van der Waals surface area contributed by atoms with Gasteiger partial charge in [-0.3, -0.25) is 19.3 Å². The van der Waals surface area contributed by atoms with Gasteiger partial charge in [-0.2, -0.15) is 13.2 Å². The Kier molecular flexibility index (Phi) is 7.51. The van der Waals surface area contributed by atoms with Gasteiger partial charge in [0.15, 0.2) is 10.8 Å². The third kappa shape index (κ3) is 5.02. The molecule has 34 heavy (non-hydrogen) atoms. The molecule has 0 bridgehead atoms. The van der Waals surface area contributed by atoms with Gasteiger partial charge in [0.05, 0.1) is 5.70 Å². The van der Waals surface area contributed by atoms with Crippen molar-refractivity contribution in [2.45, 2.75) is 23.3 Å². The summed E-state index contributed by atoms with van der Waals surface area (Å²) in [7, 11) is -5.57. The number of halogens is 3. The Morgan fingerprint density at radius 1 is 1.41 bits per heavy atom. The fourth-order valence-corrected chi connectivity index (χ4v) is 5.85. The normalized spacial score (nSPS) is 21.2. The maximum atomic E-state index is 12.7. The molecule has 3 heterocycles. The molecule has 2 amide bonds. The second-order valence-corrected chi connectivity index (χ2v) is 10.9. The molecule has 2 atom stereocenters. The van der Waals surface area contributed by atoms with Gasteiger partial charge in [0.2, 0.25) is 5.12 Å². The van der Waals surface area contributed by atoms with Crippen molar-refractivity contribution in [2.24, 2.45) is 5.16 Å². The molecule has 1 saturated heterocycles. The molecule has 1 fully saturated rings. The summed E-state index contributed by atoms with van der Waals surface area (Å²) in [5, 5.41) is 14.3. The van der Waals surface area contributed by atoms with Crippen LogP contribution in [0.4, 0.5) is 18.3 Å². The number of nitrogens with one attached hydrogen (secondary N) is 2. The lowest BCUT2D eigenvalue weighted by atomic mass is 10.0. The van der Waals surface area contributed by atoms with Crippen LogP contribution in [0.5, 0.6) is 0 Å². The quantitative estimate of drug-likeness (QED) is 0.0948. The molecule has 3 rings (SSSR count). The van der Waals surface area contributed by atoms with Crippen LogP contribution in [0.25, 0.3) is 0 Å². The monoisotopic (exact) mass is 560 g/mol. The van der Waals surface area contributed by atoms with Crippen LogP contribution in [0.2, 0.25) is 0 Å². The molecular weight excluding hydrogens is 545 g/mol. The summed E-state index contributed by atoms with van der Waals surface area (Å²) in [6.07, 6.45) is -0.288. The number of sulfonamides is 1. The molecule has 19 heteroatoms. The summed E-state index contributed by atoms with van der Waals surface area (Å²) >= 11 is 5.80. The Morgan fingerprint density at radius 3 is 2.62 bits per heavy atom. The standard InChI is InChI=1S/C15H15F3N6O6S4/c16-15(17,18)34(29,30)20-2-1-5-3-32-12-8(11(26)24(12)9(5)13(27)31)22-10(25)7(23-28)6-4-33-14(19)21-6/h4,8,12,20,28H,1-3H2,(H2,19,21)(H,22,25)(H,27,31)/b23-7-/t8?,12-/m1/s1. The van der Waals surface area contributed by atoms with Crippen LogP contribution in [0.1, 0.15) is 12.1 Å². The van der Waals surface area contributed by atoms with Gasteiger partial charge in [0.1, 0.15) is 17.1 Å². The largest absolute Gasteiger partial charge is 0.511 e. The first kappa shape index (κ1) is 26.3. The zero-order chi connectivity index (χ0) is 25.4. The Bertz CT molecular complexity index is 1200. The van der Waals surface area contributed by atoms with Crippen LogP contribution in [-0.4, -0.2) is 75.4 Å². The van der Waals surface area contributed by atoms with E-state index in [0.29, 0.717) is 0 Å². The molecule has 1 aromatic rings. The summed E-state index contributed by atoms with van der Waals surface area (Å²) < 4.78 is 61.0. The van der Waals surface area contributed by atoms with Gasteiger partial charge < -0.3 is 16.3 Å². The van der Waals surface area contributed by atoms with Crippen molar-refractivity contribution in [3.05, 3.63) is 22.3 Å². The number of nitrogens with two attached hydrogens (primary N) is 1. The fraction of sp³-hybridized carbons (Fsp3) is 0.400. The molecule has 5 N–H and O–H groups in total. The number of fused-ring (bicyclic) bond motifs is 1. The zero-order valence-electron chi connectivity index (χ0n) is 16.6. The number of hydrogen-bond donors (Lipinski definition) is 5. The van der Waals surface area contributed by atoms with Gasteiger partial charge in [-0.05, 0) is 12.0 Å². The van der Waals surface area contributed by atoms with Crippen molar-refractivity contribution in [1.29, 1.82) is 0 Å². The summed E-state index contributed by atoms with van der Waals surface area (Å²) in [5.74, 6) is -1.59. The van der Waals surface area contributed by atoms with E-state index in [4.69, 9.17) is 10.9 Å². The minimum atomic E-state index is -5.57. The molecule has 0 aliphatic carbocycles. The summed E-state index contributed by atoms with van der Waals surface area (Å²) in [6, 6.07) is -1.11. The van der Waals surface area contributed by atoms with Crippen molar-refractivity contribution in [1.82, 2.24) is 19.9 Å². The van der Waals surface area contributed by atoms with Gasteiger partial charge in [-0.25, -0.2) is 18.1 Å². The first-order valence-corrected chi connectivity index (χ1v) is 12.8. The highest BCUT2D eigenvalue weighted by atomic mass is 32.2. The summed E-state index contributed by atoms with van der Waals surface area (Å²) in [4.78, 5) is 42.1. The molecule has 12 nitrogen and oxygen atoms in total. The minimum absolute atomic E-state index is 0.0165. The third-order valence-corrected chi connectivity index (χ3v) is 8.06. The maximum Gasteiger partial charge on any atom is 0.511 e. The van der Waals surface area contributed by atoms with Crippen molar-refractivity contribution in [2.75, 3.05) is 18.0 Å². The maximum absolute atomic E-state index is 12.7. The number of thiol groups is 1. The number of rotatable bonds is 8. The summed E-state index contributed by atoms with van der Waals surface area (Å²) in [6.45, 7) is -0.664. The molecule has 1 aromatic heterocycles. The lowest BCUT2D eigenvalue weighted by molar-refractivity contribution is -0.146. The molecule has 0 spiro atoms. The molecule has 0 aromatic carbocycles. The molecule has 186 valence electrons. The predicted octanol–water partition coefficient (Wildman–Crippen LogP) is -0.157. The number of hydrogen-bond acceptors (Lipinski definition) is 11. The van der Waals surface area contributed by atoms with E-state index in [9.17, 15) is 36.0 Å². The zero-order valence-corrected chi connectivity index (χ0v) is 19.9. The Labute approximate surface area is 203 Å². The van der Waals surface area contributed by atoms with E-state index in [0.717, 1.165) is 28.0 Å². The summed E-state index contributed by atoms with van der Waals surface area (Å²) in [5.41, 5.74) is -0.490. The van der Waals surface area contributed by atoms with Crippen molar-refractivity contribution >= 4 is 73.5 Å². The highest BCUT2D eigenvalue weighted by Crippen LogP contribution is 2.41. The number of nitrogen functional groups attached to an aromatic ring is 1. The average Bonchev–Trinajstić information content (AvgIpc) is 3.16. The van der Waals surface area contributed by atoms with Crippen LogP contribution in [0.15, 0.2) is 21.8 Å². The van der Waals surface area contributed by atoms with E-state index in [1.165, 1.54) is 10.1 Å². The highest BCUT2D eigenvalue weighted by molar-refractivity contribution is 8.00. The lowest BCUT2D eigenvalue weighted by Crippen LogP contribution is -2.70. The number of carbonyl (C=O) groups is 3. The number of β-lactam (4-membered cyclic amide) rings is 1. The third-order valence-electron chi connectivity index (χ3n) is 4.64. The second kappa shape index (κ2) is 9.72.